The van der Waals surface area contributed by atoms with Gasteiger partial charge in [-0.2, -0.15) is 5.10 Å². The van der Waals surface area contributed by atoms with E-state index in [4.69, 9.17) is 16.3 Å². The molecule has 0 unspecified atom stereocenters. The number of carbonyl (C=O) groups is 1. The van der Waals surface area contributed by atoms with Crippen LogP contribution in [0.1, 0.15) is 16.2 Å². The quantitative estimate of drug-likeness (QED) is 0.351. The molecule has 0 saturated carbocycles. The molecule has 1 N–H and O–H groups in total. The first-order valence-corrected chi connectivity index (χ1v) is 9.26. The molecule has 0 bridgehead atoms. The summed E-state index contributed by atoms with van der Waals surface area (Å²) in [4.78, 5) is 35.4. The second-order valence-corrected chi connectivity index (χ2v) is 6.65. The highest BCUT2D eigenvalue weighted by Gasteiger charge is 2.19. The average Bonchev–Trinajstić information content (AvgIpc) is 2.72. The minimum absolute atomic E-state index is 0.127. The molecule has 0 aliphatic rings. The topological polar surface area (TPSA) is 116 Å². The monoisotopic (exact) mass is 428 g/mol. The molecule has 9 nitrogen and oxygen atoms in total. The fourth-order valence-corrected chi connectivity index (χ4v) is 2.82. The highest BCUT2D eigenvalue weighted by atomic mass is 35.5. The molecule has 30 heavy (non-hydrogen) atoms. The average molecular weight is 429 g/mol. The Morgan fingerprint density at radius 3 is 2.63 bits per heavy atom. The van der Waals surface area contributed by atoms with Crippen molar-refractivity contribution in [3.63, 3.8) is 0 Å². The number of rotatable bonds is 7. The summed E-state index contributed by atoms with van der Waals surface area (Å²) >= 11 is 5.80. The van der Waals surface area contributed by atoms with E-state index >= 15 is 0 Å². The van der Waals surface area contributed by atoms with Gasteiger partial charge in [0.05, 0.1) is 11.5 Å². The van der Waals surface area contributed by atoms with Crippen molar-refractivity contribution in [2.45, 2.75) is 6.92 Å². The molecule has 0 saturated heterocycles. The zero-order valence-corrected chi connectivity index (χ0v) is 16.6. The standard InChI is InChI=1S/C20H17ClN4O5/c1-13-12-18(26)19(23-24(13)16-4-2-3-5-17(16)25(28)29)20(27)22-10-11-30-15-8-6-14(21)7-9-15/h2-9,12H,10-11H2,1H3,(H,22,27). The Hall–Kier alpha value is -3.72. The Balaban J connectivity index is 1.75. The summed E-state index contributed by atoms with van der Waals surface area (Å²) < 4.78 is 6.69. The number of nitro benzene ring substituents is 1. The number of carbonyl (C=O) groups excluding carboxylic acids is 1. The number of aryl methyl sites for hydroxylation is 1. The van der Waals surface area contributed by atoms with Gasteiger partial charge < -0.3 is 10.1 Å². The van der Waals surface area contributed by atoms with Gasteiger partial charge in [0.25, 0.3) is 11.6 Å². The van der Waals surface area contributed by atoms with E-state index in [1.165, 1.54) is 28.9 Å². The van der Waals surface area contributed by atoms with Gasteiger partial charge >= 0.3 is 0 Å². The molecule has 0 spiro atoms. The van der Waals surface area contributed by atoms with Gasteiger partial charge in [0.2, 0.25) is 5.43 Å². The zero-order valence-electron chi connectivity index (χ0n) is 15.9. The van der Waals surface area contributed by atoms with Crippen molar-refractivity contribution >= 4 is 23.2 Å². The van der Waals surface area contributed by atoms with Gasteiger partial charge in [-0.3, -0.25) is 19.7 Å². The summed E-state index contributed by atoms with van der Waals surface area (Å²) in [5, 5.41) is 18.5. The van der Waals surface area contributed by atoms with Crippen molar-refractivity contribution in [1.82, 2.24) is 15.1 Å². The van der Waals surface area contributed by atoms with Gasteiger partial charge in [0.15, 0.2) is 5.69 Å². The normalized spacial score (nSPS) is 10.5. The summed E-state index contributed by atoms with van der Waals surface area (Å²) in [6, 6.07) is 13.9. The Labute approximate surface area is 176 Å². The number of nitrogens with zero attached hydrogens (tertiary/aromatic N) is 3. The van der Waals surface area contributed by atoms with Gasteiger partial charge in [0, 0.05) is 22.8 Å². The lowest BCUT2D eigenvalue weighted by molar-refractivity contribution is -0.384. The molecule has 3 aromatic rings. The van der Waals surface area contributed by atoms with Crippen molar-refractivity contribution < 1.29 is 14.5 Å². The highest BCUT2D eigenvalue weighted by molar-refractivity contribution is 6.30. The lowest BCUT2D eigenvalue weighted by atomic mass is 10.2. The third-order valence-electron chi connectivity index (χ3n) is 4.10. The van der Waals surface area contributed by atoms with Crippen LogP contribution in [0.3, 0.4) is 0 Å². The second kappa shape index (κ2) is 9.19. The van der Waals surface area contributed by atoms with Gasteiger partial charge in [-0.1, -0.05) is 23.7 Å². The van der Waals surface area contributed by atoms with Crippen molar-refractivity contribution in [3.05, 3.63) is 91.3 Å². The van der Waals surface area contributed by atoms with E-state index in [-0.39, 0.29) is 30.2 Å². The number of para-hydroxylation sites is 2. The molecule has 0 fully saturated rings. The maximum Gasteiger partial charge on any atom is 0.294 e. The molecule has 0 atom stereocenters. The molecule has 0 aliphatic heterocycles. The molecule has 3 rings (SSSR count). The van der Waals surface area contributed by atoms with Gasteiger partial charge in [-0.15, -0.1) is 0 Å². The van der Waals surface area contributed by atoms with Crippen LogP contribution in [0.2, 0.25) is 5.02 Å². The summed E-state index contributed by atoms with van der Waals surface area (Å²) in [7, 11) is 0. The predicted octanol–water partition coefficient (Wildman–Crippen LogP) is 2.91. The van der Waals surface area contributed by atoms with E-state index < -0.39 is 16.3 Å². The molecule has 0 radical (unpaired) electrons. The smallest absolute Gasteiger partial charge is 0.294 e. The van der Waals surface area contributed by atoms with E-state index in [0.29, 0.717) is 16.5 Å². The van der Waals surface area contributed by atoms with Crippen LogP contribution in [0.4, 0.5) is 5.69 Å². The first-order chi connectivity index (χ1) is 14.4. The van der Waals surface area contributed by atoms with Gasteiger partial charge in [-0.25, -0.2) is 4.68 Å². The molecule has 0 aliphatic carbocycles. The minimum atomic E-state index is -0.702. The van der Waals surface area contributed by atoms with Crippen LogP contribution in [-0.2, 0) is 0 Å². The lowest BCUT2D eigenvalue weighted by Crippen LogP contribution is -2.34. The summed E-state index contributed by atoms with van der Waals surface area (Å²) in [5.41, 5.74) is -0.639. The number of nitrogens with one attached hydrogen (secondary N) is 1. The minimum Gasteiger partial charge on any atom is -0.492 e. The summed E-state index contributed by atoms with van der Waals surface area (Å²) in [6.07, 6.45) is 0. The van der Waals surface area contributed by atoms with E-state index in [2.05, 4.69) is 10.4 Å². The number of hydrogen-bond acceptors (Lipinski definition) is 6. The second-order valence-electron chi connectivity index (χ2n) is 6.21. The van der Waals surface area contributed by atoms with E-state index in [1.54, 1.807) is 37.3 Å². The first-order valence-electron chi connectivity index (χ1n) is 8.88. The van der Waals surface area contributed by atoms with E-state index in [1.807, 2.05) is 0 Å². The maximum atomic E-state index is 12.4. The number of aromatic nitrogens is 2. The molecular weight excluding hydrogens is 412 g/mol. The van der Waals surface area contributed by atoms with Crippen LogP contribution < -0.4 is 15.5 Å². The molecule has 1 amide bonds. The Kier molecular flexibility index (Phi) is 6.43. The van der Waals surface area contributed by atoms with Crippen LogP contribution in [0.15, 0.2) is 59.4 Å². The maximum absolute atomic E-state index is 12.4. The number of nitro groups is 1. The largest absolute Gasteiger partial charge is 0.492 e. The van der Waals surface area contributed by atoms with Crippen LogP contribution >= 0.6 is 11.6 Å². The Morgan fingerprint density at radius 1 is 1.23 bits per heavy atom. The van der Waals surface area contributed by atoms with Gasteiger partial charge in [-0.05, 0) is 37.3 Å². The van der Waals surface area contributed by atoms with Crippen LogP contribution in [0.5, 0.6) is 5.75 Å². The number of amides is 1. The summed E-state index contributed by atoms with van der Waals surface area (Å²) in [5.74, 6) is -0.118. The third kappa shape index (κ3) is 4.81. The Bertz CT molecular complexity index is 1140. The number of hydrogen-bond donors (Lipinski definition) is 1. The number of halogens is 1. The van der Waals surface area contributed by atoms with Crippen molar-refractivity contribution in [1.29, 1.82) is 0 Å². The van der Waals surface area contributed by atoms with Crippen molar-refractivity contribution in [3.8, 4) is 11.4 Å². The Morgan fingerprint density at radius 2 is 1.93 bits per heavy atom. The SMILES string of the molecule is Cc1cc(=O)c(C(=O)NCCOc2ccc(Cl)cc2)nn1-c1ccccc1[N+](=O)[O-]. The van der Waals surface area contributed by atoms with E-state index in [0.717, 1.165) is 0 Å². The fourth-order valence-electron chi connectivity index (χ4n) is 2.69. The molecule has 2 aromatic carbocycles. The number of ether oxygens (including phenoxy) is 1. The van der Waals surface area contributed by atoms with Crippen LogP contribution in [0.25, 0.3) is 5.69 Å². The molecule has 1 aromatic heterocycles. The third-order valence-corrected chi connectivity index (χ3v) is 4.35. The van der Waals surface area contributed by atoms with Crippen molar-refractivity contribution in [2.75, 3.05) is 13.2 Å². The van der Waals surface area contributed by atoms with Crippen molar-refractivity contribution in [2.24, 2.45) is 0 Å². The predicted molar refractivity (Wildman–Crippen MR) is 111 cm³/mol. The first kappa shape index (κ1) is 21.0. The molecular formula is C20H17ClN4O5. The molecule has 154 valence electrons. The fraction of sp³-hybridized carbons (Fsp3) is 0.150. The van der Waals surface area contributed by atoms with E-state index in [9.17, 15) is 19.7 Å². The van der Waals surface area contributed by atoms with Gasteiger partial charge in [0.1, 0.15) is 18.0 Å². The van der Waals surface area contributed by atoms with Crippen LogP contribution in [0, 0.1) is 17.0 Å². The summed E-state index contributed by atoms with van der Waals surface area (Å²) in [6.45, 7) is 1.87. The number of benzene rings is 2. The molecule has 1 heterocycles. The van der Waals surface area contributed by atoms with Crippen LogP contribution in [-0.4, -0.2) is 33.8 Å². The lowest BCUT2D eigenvalue weighted by Gasteiger charge is -2.12. The zero-order chi connectivity index (χ0) is 21.7. The highest BCUT2D eigenvalue weighted by Crippen LogP contribution is 2.22. The molecule has 10 heteroatoms.